The largest absolute Gasteiger partial charge is 0.477 e. The molecule has 0 aliphatic rings. The summed E-state index contributed by atoms with van der Waals surface area (Å²) in [5.74, 6) is -0.876. The average Bonchev–Trinajstić information content (AvgIpc) is 2.55. The van der Waals surface area contributed by atoms with Crippen molar-refractivity contribution in [2.45, 2.75) is 13.8 Å². The van der Waals surface area contributed by atoms with Crippen LogP contribution in [-0.4, -0.2) is 18.1 Å². The van der Waals surface area contributed by atoms with Crippen LogP contribution >= 0.6 is 11.3 Å². The van der Waals surface area contributed by atoms with Crippen molar-refractivity contribution in [1.29, 1.82) is 0 Å². The molecule has 0 spiro atoms. The Balaban J connectivity index is 0.000000561. The van der Waals surface area contributed by atoms with E-state index in [4.69, 9.17) is 5.11 Å². The summed E-state index contributed by atoms with van der Waals surface area (Å²) >= 11 is 1.22. The molecule has 0 aliphatic heterocycles. The maximum atomic E-state index is 10.4. The molecule has 12 heavy (non-hydrogen) atoms. The summed E-state index contributed by atoms with van der Waals surface area (Å²) in [6.07, 6.45) is 0. The van der Waals surface area contributed by atoms with E-state index in [1.807, 2.05) is 13.8 Å². The van der Waals surface area contributed by atoms with Gasteiger partial charge in [0.15, 0.2) is 0 Å². The van der Waals surface area contributed by atoms with Gasteiger partial charge in [0, 0.05) is 7.05 Å². The van der Waals surface area contributed by atoms with Crippen LogP contribution in [0.15, 0.2) is 11.4 Å². The van der Waals surface area contributed by atoms with E-state index in [1.54, 1.807) is 18.5 Å². The number of carboxylic acids is 1. The minimum Gasteiger partial charge on any atom is -0.477 e. The zero-order valence-corrected chi connectivity index (χ0v) is 8.23. The zero-order chi connectivity index (χ0) is 9.56. The number of thiophene rings is 1. The Morgan fingerprint density at radius 1 is 1.58 bits per heavy atom. The monoisotopic (exact) mass is 187 g/mol. The third-order valence-electron chi connectivity index (χ3n) is 1.13. The van der Waals surface area contributed by atoms with E-state index >= 15 is 0 Å². The number of aromatic carboxylic acids is 1. The summed E-state index contributed by atoms with van der Waals surface area (Å²) < 4.78 is 0. The van der Waals surface area contributed by atoms with Gasteiger partial charge in [0.1, 0.15) is 4.88 Å². The molecule has 0 aromatic carbocycles. The molecular formula is C8H13NO2S. The highest BCUT2D eigenvalue weighted by Crippen LogP contribution is 2.20. The normalized spacial score (nSPS) is 8.25. The van der Waals surface area contributed by atoms with Crippen LogP contribution in [0.3, 0.4) is 0 Å². The van der Waals surface area contributed by atoms with Gasteiger partial charge in [0.05, 0.1) is 5.69 Å². The van der Waals surface area contributed by atoms with Crippen LogP contribution in [0, 0.1) is 0 Å². The van der Waals surface area contributed by atoms with Gasteiger partial charge in [-0.15, -0.1) is 11.3 Å². The van der Waals surface area contributed by atoms with Crippen LogP contribution in [-0.2, 0) is 0 Å². The summed E-state index contributed by atoms with van der Waals surface area (Å²) in [4.78, 5) is 10.8. The first-order chi connectivity index (χ1) is 5.75. The lowest BCUT2D eigenvalue weighted by Gasteiger charge is -1.94. The number of rotatable bonds is 2. The Morgan fingerprint density at radius 2 is 2.17 bits per heavy atom. The van der Waals surface area contributed by atoms with Crippen molar-refractivity contribution >= 4 is 23.0 Å². The molecule has 2 N–H and O–H groups in total. The zero-order valence-electron chi connectivity index (χ0n) is 7.42. The second-order valence-electron chi connectivity index (χ2n) is 1.72. The van der Waals surface area contributed by atoms with Gasteiger partial charge in [-0.25, -0.2) is 4.79 Å². The number of hydrogen-bond donors (Lipinski definition) is 2. The van der Waals surface area contributed by atoms with Gasteiger partial charge in [-0.3, -0.25) is 0 Å². The van der Waals surface area contributed by atoms with Gasteiger partial charge in [0.25, 0.3) is 0 Å². The molecule has 0 unspecified atom stereocenters. The van der Waals surface area contributed by atoms with E-state index in [9.17, 15) is 4.79 Å². The minimum atomic E-state index is -0.876. The summed E-state index contributed by atoms with van der Waals surface area (Å²) in [5, 5.41) is 13.1. The molecule has 3 nitrogen and oxygen atoms in total. The maximum absolute atomic E-state index is 10.4. The Hall–Kier alpha value is -1.03. The minimum absolute atomic E-state index is 0.363. The highest BCUT2D eigenvalue weighted by atomic mass is 32.1. The summed E-state index contributed by atoms with van der Waals surface area (Å²) in [5.41, 5.74) is 0.678. The molecule has 0 fully saturated rings. The fourth-order valence-corrected chi connectivity index (χ4v) is 1.41. The first kappa shape index (κ1) is 11.0. The van der Waals surface area contributed by atoms with E-state index in [0.717, 1.165) is 0 Å². The summed E-state index contributed by atoms with van der Waals surface area (Å²) in [6.45, 7) is 4.00. The van der Waals surface area contributed by atoms with Gasteiger partial charge < -0.3 is 10.4 Å². The molecular weight excluding hydrogens is 174 g/mol. The van der Waals surface area contributed by atoms with Crippen molar-refractivity contribution in [3.63, 3.8) is 0 Å². The lowest BCUT2D eigenvalue weighted by atomic mass is 10.4. The fourth-order valence-electron chi connectivity index (χ4n) is 0.672. The first-order valence-electron chi connectivity index (χ1n) is 3.74. The van der Waals surface area contributed by atoms with Crippen molar-refractivity contribution in [2.24, 2.45) is 0 Å². The molecule has 0 atom stereocenters. The first-order valence-corrected chi connectivity index (χ1v) is 4.62. The topological polar surface area (TPSA) is 49.3 Å². The van der Waals surface area contributed by atoms with Gasteiger partial charge >= 0.3 is 5.97 Å². The van der Waals surface area contributed by atoms with E-state index in [-0.39, 0.29) is 0 Å². The smallest absolute Gasteiger partial charge is 0.348 e. The van der Waals surface area contributed by atoms with Crippen LogP contribution in [0.1, 0.15) is 23.5 Å². The highest BCUT2D eigenvalue weighted by molar-refractivity contribution is 7.12. The fraction of sp³-hybridized carbons (Fsp3) is 0.375. The van der Waals surface area contributed by atoms with E-state index in [1.165, 1.54) is 11.3 Å². The van der Waals surface area contributed by atoms with Crippen molar-refractivity contribution in [3.8, 4) is 0 Å². The molecule has 68 valence electrons. The van der Waals surface area contributed by atoms with Crippen molar-refractivity contribution in [2.75, 3.05) is 12.4 Å². The Bertz CT molecular complexity index is 245. The molecule has 1 rings (SSSR count). The second-order valence-corrected chi connectivity index (χ2v) is 2.63. The second kappa shape index (κ2) is 5.60. The molecule has 0 radical (unpaired) electrons. The number of nitrogens with one attached hydrogen (secondary N) is 1. The summed E-state index contributed by atoms with van der Waals surface area (Å²) in [7, 11) is 1.70. The molecule has 4 heteroatoms. The van der Waals surface area contributed by atoms with Gasteiger partial charge in [-0.05, 0) is 11.4 Å². The lowest BCUT2D eigenvalue weighted by molar-refractivity contribution is 0.0703. The van der Waals surface area contributed by atoms with Crippen molar-refractivity contribution in [1.82, 2.24) is 0 Å². The number of carboxylic acid groups (broad SMARTS) is 1. The third-order valence-corrected chi connectivity index (χ3v) is 2.03. The highest BCUT2D eigenvalue weighted by Gasteiger charge is 2.08. The number of carbonyl (C=O) groups is 1. The standard InChI is InChI=1S/C6H7NO2S.C2H6/c1-7-4-2-3-10-5(4)6(8)9;1-2/h2-3,7H,1H3,(H,8,9);1-2H3. The van der Waals surface area contributed by atoms with Gasteiger partial charge in [0.2, 0.25) is 0 Å². The maximum Gasteiger partial charge on any atom is 0.348 e. The van der Waals surface area contributed by atoms with E-state index < -0.39 is 5.97 Å². The lowest BCUT2D eigenvalue weighted by Crippen LogP contribution is -1.97. The van der Waals surface area contributed by atoms with E-state index in [2.05, 4.69) is 5.32 Å². The molecule has 0 saturated carbocycles. The van der Waals surface area contributed by atoms with E-state index in [0.29, 0.717) is 10.6 Å². The van der Waals surface area contributed by atoms with Crippen molar-refractivity contribution in [3.05, 3.63) is 16.3 Å². The van der Waals surface area contributed by atoms with Crippen molar-refractivity contribution < 1.29 is 9.90 Å². The van der Waals surface area contributed by atoms with Crippen LogP contribution in [0.4, 0.5) is 5.69 Å². The Morgan fingerprint density at radius 3 is 2.50 bits per heavy atom. The molecule has 0 saturated heterocycles. The Kier molecular flexibility index (Phi) is 5.12. The van der Waals surface area contributed by atoms with Gasteiger partial charge in [-0.2, -0.15) is 0 Å². The number of hydrogen-bond acceptors (Lipinski definition) is 3. The molecule has 0 aliphatic carbocycles. The predicted molar refractivity (Wildman–Crippen MR) is 52.2 cm³/mol. The molecule has 1 aromatic heterocycles. The van der Waals surface area contributed by atoms with Crippen LogP contribution in [0.5, 0.6) is 0 Å². The van der Waals surface area contributed by atoms with Crippen LogP contribution in [0.25, 0.3) is 0 Å². The third kappa shape index (κ3) is 2.54. The predicted octanol–water partition coefficient (Wildman–Crippen LogP) is 2.51. The quantitative estimate of drug-likeness (QED) is 0.748. The summed E-state index contributed by atoms with van der Waals surface area (Å²) in [6, 6.07) is 1.74. The molecule has 0 bridgehead atoms. The number of anilines is 1. The Labute approximate surface area is 76.0 Å². The average molecular weight is 187 g/mol. The molecule has 1 aromatic rings. The van der Waals surface area contributed by atoms with Crippen LogP contribution in [0.2, 0.25) is 0 Å². The SMILES string of the molecule is CC.CNc1ccsc1C(=O)O. The molecule has 0 amide bonds. The van der Waals surface area contributed by atoms with Gasteiger partial charge in [-0.1, -0.05) is 13.8 Å². The molecule has 1 heterocycles. The van der Waals surface area contributed by atoms with Crippen LogP contribution < -0.4 is 5.32 Å².